The third-order valence-corrected chi connectivity index (χ3v) is 6.20. The summed E-state index contributed by atoms with van der Waals surface area (Å²) >= 11 is 0. The van der Waals surface area contributed by atoms with E-state index in [0.717, 1.165) is 0 Å². The average Bonchev–Trinajstić information content (AvgIpc) is 2.87. The first-order valence-electron chi connectivity index (χ1n) is 6.64. The van der Waals surface area contributed by atoms with Gasteiger partial charge in [0.1, 0.15) is 4.75 Å². The Kier molecular flexibility index (Phi) is 3.10. The maximum Gasteiger partial charge on any atom is 0.248 e. The molecule has 2 aromatic rings. The topological polar surface area (TPSA) is 56.1 Å². The van der Waals surface area contributed by atoms with Crippen LogP contribution >= 0.6 is 0 Å². The molecule has 1 atom stereocenters. The maximum absolute atomic E-state index is 13.0. The van der Waals surface area contributed by atoms with Crippen LogP contribution in [0.2, 0.25) is 0 Å². The second-order valence-electron chi connectivity index (χ2n) is 5.32. The normalized spacial score (nSPS) is 21.8. The smallest absolute Gasteiger partial charge is 0.248 e. The van der Waals surface area contributed by atoms with Gasteiger partial charge in [0.2, 0.25) is 10.0 Å². The molecule has 1 aliphatic rings. The van der Waals surface area contributed by atoms with E-state index in [-0.39, 0.29) is 0 Å². The van der Waals surface area contributed by atoms with Crippen molar-refractivity contribution in [2.75, 3.05) is 0 Å². The third kappa shape index (κ3) is 1.96. The molecule has 0 aliphatic heterocycles. The summed E-state index contributed by atoms with van der Waals surface area (Å²) in [7, 11) is -3.66. The molecule has 0 radical (unpaired) electrons. The lowest BCUT2D eigenvalue weighted by Crippen LogP contribution is -2.37. The molecule has 108 valence electrons. The van der Waals surface area contributed by atoms with Crippen molar-refractivity contribution >= 4 is 27.2 Å². The van der Waals surface area contributed by atoms with Crippen molar-refractivity contribution in [3.05, 3.63) is 60.3 Å². The first-order chi connectivity index (χ1) is 9.99. The van der Waals surface area contributed by atoms with Gasteiger partial charge < -0.3 is 0 Å². The van der Waals surface area contributed by atoms with Gasteiger partial charge in [0, 0.05) is 17.1 Å². The molecule has 0 bridgehead atoms. The predicted octanol–water partition coefficient (Wildman–Crippen LogP) is 2.91. The predicted molar refractivity (Wildman–Crippen MR) is 82.9 cm³/mol. The van der Waals surface area contributed by atoms with E-state index in [1.165, 1.54) is 10.2 Å². The van der Waals surface area contributed by atoms with E-state index in [1.54, 1.807) is 43.3 Å². The number of carbonyl (C=O) groups is 1. The van der Waals surface area contributed by atoms with Crippen LogP contribution in [0.1, 0.15) is 23.7 Å². The highest BCUT2D eigenvalue weighted by Crippen LogP contribution is 2.32. The van der Waals surface area contributed by atoms with Crippen LogP contribution in [0.4, 0.5) is 0 Å². The van der Waals surface area contributed by atoms with Crippen molar-refractivity contribution in [3.8, 4) is 0 Å². The minimum atomic E-state index is -3.66. The van der Waals surface area contributed by atoms with E-state index in [4.69, 9.17) is 0 Å². The molecule has 4 nitrogen and oxygen atoms in total. The number of benzene rings is 1. The van der Waals surface area contributed by atoms with Gasteiger partial charge >= 0.3 is 0 Å². The van der Waals surface area contributed by atoms with E-state index in [1.807, 2.05) is 12.2 Å². The molecular formula is C16H15NO3S. The molecule has 0 spiro atoms. The quantitative estimate of drug-likeness (QED) is 0.819. The van der Waals surface area contributed by atoms with E-state index >= 15 is 0 Å². The zero-order valence-electron chi connectivity index (χ0n) is 11.6. The number of hydrogen-bond donors (Lipinski definition) is 0. The lowest BCUT2D eigenvalue weighted by Gasteiger charge is -2.27. The van der Waals surface area contributed by atoms with Gasteiger partial charge in [-0.05, 0) is 19.4 Å². The molecule has 3 rings (SSSR count). The molecule has 0 amide bonds. The zero-order valence-corrected chi connectivity index (χ0v) is 12.4. The lowest BCUT2D eigenvalue weighted by molar-refractivity contribution is 0.112. The minimum Gasteiger partial charge on any atom is -0.298 e. The number of aldehydes is 1. The molecule has 1 aromatic carbocycles. The van der Waals surface area contributed by atoms with Gasteiger partial charge in [0.05, 0.1) is 5.52 Å². The molecule has 0 N–H and O–H groups in total. The van der Waals surface area contributed by atoms with Crippen molar-refractivity contribution < 1.29 is 13.2 Å². The van der Waals surface area contributed by atoms with Crippen LogP contribution in [0.25, 0.3) is 10.9 Å². The zero-order chi connectivity index (χ0) is 15.1. The standard InChI is InChI=1S/C16H15NO3S/c1-16(9-5-2-6-10-16)21(19,20)17-11-13(12-18)14-7-3-4-8-15(14)17/h2-9,11-12H,10H2,1H3. The molecular weight excluding hydrogens is 286 g/mol. The summed E-state index contributed by atoms with van der Waals surface area (Å²) < 4.78 is 26.2. The van der Waals surface area contributed by atoms with E-state index in [2.05, 4.69) is 0 Å². The van der Waals surface area contributed by atoms with Crippen LogP contribution in [0.5, 0.6) is 0 Å². The van der Waals surface area contributed by atoms with Gasteiger partial charge in [0.25, 0.3) is 0 Å². The first-order valence-corrected chi connectivity index (χ1v) is 8.08. The molecule has 1 heterocycles. The van der Waals surface area contributed by atoms with Crippen LogP contribution in [0.15, 0.2) is 54.8 Å². The van der Waals surface area contributed by atoms with Gasteiger partial charge in [-0.2, -0.15) is 0 Å². The average molecular weight is 301 g/mol. The SMILES string of the molecule is CC1(S(=O)(=O)n2cc(C=O)c3ccccc32)C=CC=CC1. The number of fused-ring (bicyclic) bond motifs is 1. The number of carbonyl (C=O) groups excluding carboxylic acids is 1. The first kappa shape index (κ1) is 13.8. The largest absolute Gasteiger partial charge is 0.298 e. The van der Waals surface area contributed by atoms with Gasteiger partial charge in [-0.1, -0.05) is 42.5 Å². The second kappa shape index (κ2) is 4.70. The number of hydrogen-bond acceptors (Lipinski definition) is 3. The summed E-state index contributed by atoms with van der Waals surface area (Å²) in [5.41, 5.74) is 0.914. The Hall–Kier alpha value is -2.14. The van der Waals surface area contributed by atoms with Crippen molar-refractivity contribution in [1.29, 1.82) is 0 Å². The van der Waals surface area contributed by atoms with Crippen LogP contribution < -0.4 is 0 Å². The Bertz CT molecular complexity index is 874. The number of para-hydroxylation sites is 1. The van der Waals surface area contributed by atoms with Gasteiger partial charge in [-0.15, -0.1) is 0 Å². The van der Waals surface area contributed by atoms with E-state index in [0.29, 0.717) is 29.2 Å². The van der Waals surface area contributed by atoms with Crippen molar-refractivity contribution in [1.82, 2.24) is 3.97 Å². The Morgan fingerprint density at radius 2 is 2.00 bits per heavy atom. The fourth-order valence-corrected chi connectivity index (χ4v) is 4.27. The molecule has 0 saturated heterocycles. The Morgan fingerprint density at radius 3 is 2.67 bits per heavy atom. The molecule has 0 saturated carbocycles. The highest BCUT2D eigenvalue weighted by Gasteiger charge is 2.38. The van der Waals surface area contributed by atoms with Crippen molar-refractivity contribution in [3.63, 3.8) is 0 Å². The number of allylic oxidation sites excluding steroid dienone is 3. The highest BCUT2D eigenvalue weighted by molar-refractivity contribution is 7.91. The molecule has 1 aliphatic carbocycles. The van der Waals surface area contributed by atoms with Gasteiger partial charge in [0.15, 0.2) is 6.29 Å². The molecule has 5 heteroatoms. The van der Waals surface area contributed by atoms with Crippen LogP contribution in [-0.2, 0) is 10.0 Å². The Balaban J connectivity index is 2.27. The fraction of sp³-hybridized carbons (Fsp3) is 0.188. The number of rotatable bonds is 3. The maximum atomic E-state index is 13.0. The second-order valence-corrected chi connectivity index (χ2v) is 7.60. The van der Waals surface area contributed by atoms with Gasteiger partial charge in [-0.3, -0.25) is 4.79 Å². The van der Waals surface area contributed by atoms with E-state index in [9.17, 15) is 13.2 Å². The molecule has 1 unspecified atom stereocenters. The Morgan fingerprint density at radius 1 is 1.24 bits per heavy atom. The number of nitrogens with zero attached hydrogens (tertiary/aromatic N) is 1. The van der Waals surface area contributed by atoms with Gasteiger partial charge in [-0.25, -0.2) is 12.4 Å². The molecule has 1 aromatic heterocycles. The van der Waals surface area contributed by atoms with Crippen LogP contribution in [0, 0.1) is 0 Å². The van der Waals surface area contributed by atoms with E-state index < -0.39 is 14.8 Å². The van der Waals surface area contributed by atoms with Crippen LogP contribution in [-0.4, -0.2) is 23.4 Å². The third-order valence-electron chi connectivity index (χ3n) is 3.90. The highest BCUT2D eigenvalue weighted by atomic mass is 32.2. The summed E-state index contributed by atoms with van der Waals surface area (Å²) in [4.78, 5) is 11.2. The Labute approximate surface area is 123 Å². The lowest BCUT2D eigenvalue weighted by atomic mass is 10.0. The monoisotopic (exact) mass is 301 g/mol. The summed E-state index contributed by atoms with van der Waals surface area (Å²) in [5.74, 6) is 0. The summed E-state index contributed by atoms with van der Waals surface area (Å²) in [6, 6.07) is 7.02. The van der Waals surface area contributed by atoms with Crippen LogP contribution in [0.3, 0.4) is 0 Å². The summed E-state index contributed by atoms with van der Waals surface area (Å²) in [6.07, 6.45) is 9.61. The number of aromatic nitrogens is 1. The fourth-order valence-electron chi connectivity index (χ4n) is 2.59. The van der Waals surface area contributed by atoms with Crippen molar-refractivity contribution in [2.45, 2.75) is 18.1 Å². The minimum absolute atomic E-state index is 0.383. The molecule has 0 fully saturated rings. The van der Waals surface area contributed by atoms with Crippen molar-refractivity contribution in [2.24, 2.45) is 0 Å². The molecule has 21 heavy (non-hydrogen) atoms. The summed E-state index contributed by atoms with van der Waals surface area (Å²) in [5, 5.41) is 0.648. The summed E-state index contributed by atoms with van der Waals surface area (Å²) in [6.45, 7) is 1.69.